The maximum Gasteiger partial charge on any atom is 0.138 e. The van der Waals surface area contributed by atoms with Crippen molar-refractivity contribution < 1.29 is 9.13 Å². The minimum Gasteiger partial charge on any atom is -0.487 e. The van der Waals surface area contributed by atoms with Gasteiger partial charge in [0.25, 0.3) is 0 Å². The summed E-state index contributed by atoms with van der Waals surface area (Å²) in [5.74, 6) is -0.140. The van der Waals surface area contributed by atoms with Crippen LogP contribution in [0.3, 0.4) is 0 Å². The largest absolute Gasteiger partial charge is 0.487 e. The summed E-state index contributed by atoms with van der Waals surface area (Å²) in [7, 11) is 0. The lowest BCUT2D eigenvalue weighted by atomic mass is 10.1. The third kappa shape index (κ3) is 3.49. The molecule has 3 N–H and O–H groups in total. The number of benzene rings is 2. The molecule has 0 saturated carbocycles. The van der Waals surface area contributed by atoms with E-state index in [0.717, 1.165) is 4.47 Å². The highest BCUT2D eigenvalue weighted by molar-refractivity contribution is 9.10. The van der Waals surface area contributed by atoms with Gasteiger partial charge >= 0.3 is 0 Å². The fraction of sp³-hybridized carbons (Fsp3) is 0.0714. The molecule has 0 amide bonds. The monoisotopic (exact) mass is 356 g/mol. The van der Waals surface area contributed by atoms with Crippen LogP contribution >= 0.6 is 27.5 Å². The topological polar surface area (TPSA) is 59.1 Å². The number of hydrogen-bond donors (Lipinski definition) is 2. The Balaban J connectivity index is 2.20. The smallest absolute Gasteiger partial charge is 0.138 e. The zero-order chi connectivity index (χ0) is 14.7. The van der Waals surface area contributed by atoms with E-state index in [-0.39, 0.29) is 12.4 Å². The number of ether oxygens (including phenoxy) is 1. The van der Waals surface area contributed by atoms with Gasteiger partial charge in [0.1, 0.15) is 24.0 Å². The Labute approximate surface area is 129 Å². The molecular formula is C14H11BrClFN2O. The van der Waals surface area contributed by atoms with E-state index in [9.17, 15) is 4.39 Å². The van der Waals surface area contributed by atoms with Gasteiger partial charge in [0, 0.05) is 15.6 Å². The zero-order valence-corrected chi connectivity index (χ0v) is 12.6. The van der Waals surface area contributed by atoms with Gasteiger partial charge in [0.2, 0.25) is 0 Å². The van der Waals surface area contributed by atoms with E-state index >= 15 is 0 Å². The first kappa shape index (κ1) is 14.8. The first-order valence-electron chi connectivity index (χ1n) is 5.68. The summed E-state index contributed by atoms with van der Waals surface area (Å²) < 4.78 is 19.6. The molecule has 0 aliphatic carbocycles. The van der Waals surface area contributed by atoms with E-state index in [1.807, 2.05) is 0 Å². The third-order valence-corrected chi connectivity index (χ3v) is 3.43. The van der Waals surface area contributed by atoms with Crippen molar-refractivity contribution in [1.29, 1.82) is 5.41 Å². The van der Waals surface area contributed by atoms with Crippen LogP contribution in [0.2, 0.25) is 5.02 Å². The first-order chi connectivity index (χ1) is 9.47. The second-order valence-corrected chi connectivity index (χ2v) is 5.40. The van der Waals surface area contributed by atoms with Gasteiger partial charge in [0.05, 0.1) is 5.02 Å². The van der Waals surface area contributed by atoms with Gasteiger partial charge in [-0.2, -0.15) is 0 Å². The molecule has 2 aromatic rings. The normalized spacial score (nSPS) is 10.3. The Hall–Kier alpha value is -1.59. The predicted molar refractivity (Wildman–Crippen MR) is 80.9 cm³/mol. The molecule has 3 nitrogen and oxygen atoms in total. The maximum atomic E-state index is 13.2. The van der Waals surface area contributed by atoms with Gasteiger partial charge < -0.3 is 10.5 Å². The molecule has 0 bridgehead atoms. The minimum atomic E-state index is -0.444. The second-order valence-electron chi connectivity index (χ2n) is 4.08. The summed E-state index contributed by atoms with van der Waals surface area (Å²) in [6, 6.07) is 9.30. The fourth-order valence-electron chi connectivity index (χ4n) is 1.67. The number of hydrogen-bond acceptors (Lipinski definition) is 2. The number of nitrogens with two attached hydrogens (primary N) is 1. The Morgan fingerprint density at radius 1 is 1.30 bits per heavy atom. The second kappa shape index (κ2) is 6.24. The van der Waals surface area contributed by atoms with Crippen molar-refractivity contribution in [2.75, 3.05) is 0 Å². The van der Waals surface area contributed by atoms with E-state index in [0.29, 0.717) is 21.9 Å². The average molecular weight is 358 g/mol. The molecule has 6 heteroatoms. The molecule has 104 valence electrons. The van der Waals surface area contributed by atoms with Gasteiger partial charge in [-0.15, -0.1) is 0 Å². The highest BCUT2D eigenvalue weighted by Gasteiger charge is 2.09. The van der Waals surface area contributed by atoms with Crippen LogP contribution < -0.4 is 10.5 Å². The summed E-state index contributed by atoms with van der Waals surface area (Å²) in [4.78, 5) is 0. The van der Waals surface area contributed by atoms with Gasteiger partial charge in [-0.1, -0.05) is 33.6 Å². The fourth-order valence-corrected chi connectivity index (χ4v) is 2.40. The molecule has 0 saturated heterocycles. The summed E-state index contributed by atoms with van der Waals surface area (Å²) in [5, 5.41) is 7.91. The molecular weight excluding hydrogens is 347 g/mol. The van der Waals surface area contributed by atoms with Crippen LogP contribution in [0.15, 0.2) is 40.9 Å². The summed E-state index contributed by atoms with van der Waals surface area (Å²) in [6.45, 7) is 0.149. The van der Waals surface area contributed by atoms with Crippen molar-refractivity contribution in [2.45, 2.75) is 6.61 Å². The third-order valence-electron chi connectivity index (χ3n) is 2.64. The highest BCUT2D eigenvalue weighted by atomic mass is 79.9. The molecule has 0 aromatic heterocycles. The Morgan fingerprint density at radius 2 is 2.05 bits per heavy atom. The van der Waals surface area contributed by atoms with Gasteiger partial charge in [-0.3, -0.25) is 5.41 Å². The van der Waals surface area contributed by atoms with E-state index in [2.05, 4.69) is 15.9 Å². The quantitative estimate of drug-likeness (QED) is 0.639. The molecule has 20 heavy (non-hydrogen) atoms. The summed E-state index contributed by atoms with van der Waals surface area (Å²) >= 11 is 9.35. The predicted octanol–water partition coefficient (Wildman–Crippen LogP) is 4.10. The van der Waals surface area contributed by atoms with Crippen LogP contribution in [-0.4, -0.2) is 5.84 Å². The molecule has 0 atom stereocenters. The van der Waals surface area contributed by atoms with Gasteiger partial charge in [-0.05, 0) is 30.3 Å². The Morgan fingerprint density at radius 3 is 2.70 bits per heavy atom. The van der Waals surface area contributed by atoms with Crippen LogP contribution in [-0.2, 0) is 6.61 Å². The number of rotatable bonds is 4. The van der Waals surface area contributed by atoms with Crippen LogP contribution in [0.5, 0.6) is 5.75 Å². The number of halogens is 3. The zero-order valence-electron chi connectivity index (χ0n) is 10.3. The number of amidine groups is 1. The molecule has 0 fully saturated rings. The van der Waals surface area contributed by atoms with Crippen molar-refractivity contribution in [2.24, 2.45) is 5.73 Å². The highest BCUT2D eigenvalue weighted by Crippen LogP contribution is 2.28. The van der Waals surface area contributed by atoms with Crippen LogP contribution in [0, 0.1) is 11.2 Å². The Bertz CT molecular complexity index is 664. The molecule has 0 unspecified atom stereocenters. The van der Waals surface area contributed by atoms with Crippen LogP contribution in [0.1, 0.15) is 11.1 Å². The van der Waals surface area contributed by atoms with E-state index < -0.39 is 5.82 Å². The van der Waals surface area contributed by atoms with E-state index in [1.165, 1.54) is 12.1 Å². The molecule has 0 spiro atoms. The van der Waals surface area contributed by atoms with E-state index in [4.69, 9.17) is 27.5 Å². The first-order valence-corrected chi connectivity index (χ1v) is 6.85. The minimum absolute atomic E-state index is 0.149. The lowest BCUT2D eigenvalue weighted by Crippen LogP contribution is -2.15. The average Bonchev–Trinajstić information content (AvgIpc) is 2.38. The molecule has 0 radical (unpaired) electrons. The van der Waals surface area contributed by atoms with Crippen molar-refractivity contribution in [1.82, 2.24) is 0 Å². The summed E-state index contributed by atoms with van der Waals surface area (Å²) in [5.41, 5.74) is 6.37. The standard InChI is InChI=1S/C14H11BrClFN2O/c15-9-2-4-13(12(16)5-9)20-7-8-1-3-10(17)6-11(8)14(18)19/h1-6H,7H2,(H3,18,19). The van der Waals surface area contributed by atoms with Crippen molar-refractivity contribution in [3.63, 3.8) is 0 Å². The Kier molecular flexibility index (Phi) is 4.62. The van der Waals surface area contributed by atoms with Crippen LogP contribution in [0.25, 0.3) is 0 Å². The number of nitrogen functional groups attached to an aromatic ring is 1. The van der Waals surface area contributed by atoms with E-state index in [1.54, 1.807) is 24.3 Å². The summed E-state index contributed by atoms with van der Waals surface area (Å²) in [6.07, 6.45) is 0. The van der Waals surface area contributed by atoms with Crippen molar-refractivity contribution in [3.8, 4) is 5.75 Å². The number of nitrogens with one attached hydrogen (secondary N) is 1. The van der Waals surface area contributed by atoms with Gasteiger partial charge in [0.15, 0.2) is 0 Å². The van der Waals surface area contributed by atoms with Crippen LogP contribution in [0.4, 0.5) is 4.39 Å². The lowest BCUT2D eigenvalue weighted by Gasteiger charge is -2.11. The SMILES string of the molecule is N=C(N)c1cc(F)ccc1COc1ccc(Br)cc1Cl. The van der Waals surface area contributed by atoms with Gasteiger partial charge in [-0.25, -0.2) is 4.39 Å². The lowest BCUT2D eigenvalue weighted by molar-refractivity contribution is 0.306. The molecule has 0 aliphatic heterocycles. The molecule has 0 aliphatic rings. The molecule has 2 rings (SSSR count). The molecule has 0 heterocycles. The maximum absolute atomic E-state index is 13.2. The van der Waals surface area contributed by atoms with Crippen molar-refractivity contribution in [3.05, 3.63) is 62.8 Å². The molecule has 2 aromatic carbocycles. The van der Waals surface area contributed by atoms with Crippen molar-refractivity contribution >= 4 is 33.4 Å².